The molecule has 0 bridgehead atoms. The van der Waals surface area contributed by atoms with E-state index in [0.717, 1.165) is 28.4 Å². The van der Waals surface area contributed by atoms with Crippen molar-refractivity contribution in [2.45, 2.75) is 6.42 Å². The Kier molecular flexibility index (Phi) is 5.03. The average Bonchev–Trinajstić information content (AvgIpc) is 3.48. The van der Waals surface area contributed by atoms with Crippen molar-refractivity contribution in [3.05, 3.63) is 83.6 Å². The third-order valence-electron chi connectivity index (χ3n) is 5.09. The summed E-state index contributed by atoms with van der Waals surface area (Å²) in [5.74, 6) is 1.04. The van der Waals surface area contributed by atoms with Gasteiger partial charge in [-0.1, -0.05) is 36.4 Å². The number of nitrogens with zero attached hydrogens (tertiary/aromatic N) is 3. The highest BCUT2D eigenvalue weighted by molar-refractivity contribution is 7.13. The molecule has 1 atom stereocenters. The summed E-state index contributed by atoms with van der Waals surface area (Å²) in [4.78, 5) is 17.1. The van der Waals surface area contributed by atoms with Crippen LogP contribution in [0.2, 0.25) is 0 Å². The molecule has 1 N–H and O–H groups in total. The molecule has 5 rings (SSSR count). The number of hydrogen-bond acceptors (Lipinski definition) is 5. The number of fused-ring (bicyclic) bond motifs is 1. The first-order valence-electron chi connectivity index (χ1n) is 9.81. The summed E-state index contributed by atoms with van der Waals surface area (Å²) in [6.45, 7) is 1.17. The van der Waals surface area contributed by atoms with Crippen LogP contribution in [0.3, 0.4) is 0 Å². The molecule has 4 aromatic rings. The fourth-order valence-corrected chi connectivity index (χ4v) is 4.29. The van der Waals surface area contributed by atoms with E-state index in [0.29, 0.717) is 18.8 Å². The minimum Gasteiger partial charge on any atom is -0.493 e. The molecule has 1 unspecified atom stereocenters. The van der Waals surface area contributed by atoms with Gasteiger partial charge in [0.2, 0.25) is 0 Å². The normalized spacial score (nSPS) is 15.3. The molecule has 0 saturated heterocycles. The number of rotatable bonds is 5. The lowest BCUT2D eigenvalue weighted by Gasteiger charge is -2.25. The monoisotopic (exact) mass is 416 g/mol. The van der Waals surface area contributed by atoms with Crippen LogP contribution in [0.5, 0.6) is 5.75 Å². The number of amides is 1. The van der Waals surface area contributed by atoms with Gasteiger partial charge < -0.3 is 10.1 Å². The first kappa shape index (κ1) is 18.6. The first-order chi connectivity index (χ1) is 14.8. The molecule has 1 amide bonds. The highest BCUT2D eigenvalue weighted by Crippen LogP contribution is 2.27. The summed E-state index contributed by atoms with van der Waals surface area (Å²) >= 11 is 1.44. The van der Waals surface area contributed by atoms with Crippen LogP contribution in [0.1, 0.15) is 16.1 Å². The lowest BCUT2D eigenvalue weighted by molar-refractivity contribution is 0.0935. The van der Waals surface area contributed by atoms with E-state index in [1.54, 1.807) is 16.3 Å². The Hall–Kier alpha value is -3.45. The quantitative estimate of drug-likeness (QED) is 0.534. The molecule has 0 radical (unpaired) electrons. The van der Waals surface area contributed by atoms with E-state index in [-0.39, 0.29) is 11.8 Å². The predicted octanol–water partition coefficient (Wildman–Crippen LogP) is 3.98. The second kappa shape index (κ2) is 8.12. The molecular formula is C23H20N4O2S. The molecule has 30 heavy (non-hydrogen) atoms. The predicted molar refractivity (Wildman–Crippen MR) is 116 cm³/mol. The van der Waals surface area contributed by atoms with Gasteiger partial charge in [0.15, 0.2) is 0 Å². The summed E-state index contributed by atoms with van der Waals surface area (Å²) in [7, 11) is 0. The molecule has 2 aromatic heterocycles. The minimum absolute atomic E-state index is 0.160. The van der Waals surface area contributed by atoms with Crippen molar-refractivity contribution in [2.75, 3.05) is 13.2 Å². The number of carbonyl (C=O) groups excluding carboxylic acids is 1. The molecule has 0 saturated carbocycles. The second-order valence-corrected chi connectivity index (χ2v) is 8.10. The van der Waals surface area contributed by atoms with E-state index in [4.69, 9.17) is 4.74 Å². The SMILES string of the molecule is O=C(NCC1COc2ccccc2C1)c1csc(-c2cnn(-c3ccccc3)c2)n1. The van der Waals surface area contributed by atoms with Crippen LogP contribution in [-0.2, 0) is 6.42 Å². The lowest BCUT2D eigenvalue weighted by Crippen LogP contribution is -2.34. The number of carbonyl (C=O) groups is 1. The summed E-state index contributed by atoms with van der Waals surface area (Å²) < 4.78 is 7.60. The number of aromatic nitrogens is 3. The van der Waals surface area contributed by atoms with Crippen molar-refractivity contribution in [3.63, 3.8) is 0 Å². The summed E-state index contributed by atoms with van der Waals surface area (Å²) in [6, 6.07) is 17.9. The van der Waals surface area contributed by atoms with Crippen molar-refractivity contribution in [1.29, 1.82) is 0 Å². The summed E-state index contributed by atoms with van der Waals surface area (Å²) in [6.07, 6.45) is 4.59. The first-order valence-corrected chi connectivity index (χ1v) is 10.7. The zero-order valence-electron chi connectivity index (χ0n) is 16.2. The Labute approximate surface area is 178 Å². The fourth-order valence-electron chi connectivity index (χ4n) is 3.52. The maximum absolute atomic E-state index is 12.6. The number of hydrogen-bond donors (Lipinski definition) is 1. The molecule has 7 heteroatoms. The van der Waals surface area contributed by atoms with Crippen LogP contribution >= 0.6 is 11.3 Å². The highest BCUT2D eigenvalue weighted by Gasteiger charge is 2.21. The van der Waals surface area contributed by atoms with E-state index in [9.17, 15) is 4.79 Å². The molecule has 6 nitrogen and oxygen atoms in total. The van der Waals surface area contributed by atoms with Gasteiger partial charge in [-0.3, -0.25) is 4.79 Å². The number of para-hydroxylation sites is 2. The Morgan fingerprint density at radius 2 is 2.00 bits per heavy atom. The Balaban J connectivity index is 1.22. The Bertz CT molecular complexity index is 1170. The molecule has 1 aliphatic rings. The van der Waals surface area contributed by atoms with E-state index >= 15 is 0 Å². The van der Waals surface area contributed by atoms with Crippen LogP contribution < -0.4 is 10.1 Å². The van der Waals surface area contributed by atoms with Crippen LogP contribution in [0.15, 0.2) is 72.4 Å². The van der Waals surface area contributed by atoms with Gasteiger partial charge in [-0.2, -0.15) is 5.10 Å². The second-order valence-electron chi connectivity index (χ2n) is 7.25. The van der Waals surface area contributed by atoms with Gasteiger partial charge in [-0.25, -0.2) is 9.67 Å². The maximum Gasteiger partial charge on any atom is 0.270 e. The topological polar surface area (TPSA) is 69.0 Å². The molecule has 1 aliphatic heterocycles. The van der Waals surface area contributed by atoms with Gasteiger partial charge in [-0.15, -0.1) is 11.3 Å². The highest BCUT2D eigenvalue weighted by atomic mass is 32.1. The van der Waals surface area contributed by atoms with Crippen LogP contribution in [0, 0.1) is 5.92 Å². The number of benzene rings is 2. The molecule has 150 valence electrons. The summed E-state index contributed by atoms with van der Waals surface area (Å²) in [5.41, 5.74) is 3.49. The zero-order chi connectivity index (χ0) is 20.3. The number of nitrogens with one attached hydrogen (secondary N) is 1. The van der Waals surface area contributed by atoms with Gasteiger partial charge in [-0.05, 0) is 30.2 Å². The van der Waals surface area contributed by atoms with Crippen molar-refractivity contribution in [2.24, 2.45) is 5.92 Å². The fraction of sp³-hybridized carbons (Fsp3) is 0.174. The standard InChI is InChI=1S/C23H20N4O2S/c28-22(24-11-16-10-17-6-4-5-9-21(17)29-14-16)20-15-30-23(26-20)18-12-25-27(13-18)19-7-2-1-3-8-19/h1-9,12-13,15-16H,10-11,14H2,(H,24,28). The van der Waals surface area contributed by atoms with Gasteiger partial charge in [0, 0.05) is 29.6 Å². The van der Waals surface area contributed by atoms with Crippen molar-refractivity contribution < 1.29 is 9.53 Å². The molecule has 3 heterocycles. The Morgan fingerprint density at radius 3 is 2.90 bits per heavy atom. The lowest BCUT2D eigenvalue weighted by atomic mass is 9.97. The molecular weight excluding hydrogens is 396 g/mol. The number of ether oxygens (including phenoxy) is 1. The average molecular weight is 417 g/mol. The molecule has 0 aliphatic carbocycles. The summed E-state index contributed by atoms with van der Waals surface area (Å²) in [5, 5.41) is 9.97. The molecule has 0 fully saturated rings. The van der Waals surface area contributed by atoms with Crippen LogP contribution in [0.4, 0.5) is 0 Å². The van der Waals surface area contributed by atoms with Crippen molar-refractivity contribution >= 4 is 17.2 Å². The van der Waals surface area contributed by atoms with E-state index in [1.807, 2.05) is 54.7 Å². The third kappa shape index (κ3) is 3.84. The van der Waals surface area contributed by atoms with Crippen LogP contribution in [0.25, 0.3) is 16.3 Å². The smallest absolute Gasteiger partial charge is 0.270 e. The van der Waals surface area contributed by atoms with E-state index in [2.05, 4.69) is 21.5 Å². The Morgan fingerprint density at radius 1 is 1.17 bits per heavy atom. The maximum atomic E-state index is 12.6. The van der Waals surface area contributed by atoms with E-state index in [1.165, 1.54) is 16.9 Å². The van der Waals surface area contributed by atoms with Crippen molar-refractivity contribution in [3.8, 4) is 22.0 Å². The van der Waals surface area contributed by atoms with Gasteiger partial charge in [0.1, 0.15) is 16.5 Å². The minimum atomic E-state index is -0.160. The van der Waals surface area contributed by atoms with Gasteiger partial charge in [0.05, 0.1) is 18.5 Å². The van der Waals surface area contributed by atoms with E-state index < -0.39 is 0 Å². The molecule has 2 aromatic carbocycles. The zero-order valence-corrected chi connectivity index (χ0v) is 17.0. The molecule has 0 spiro atoms. The van der Waals surface area contributed by atoms with Crippen molar-refractivity contribution in [1.82, 2.24) is 20.1 Å². The van der Waals surface area contributed by atoms with Gasteiger partial charge >= 0.3 is 0 Å². The van der Waals surface area contributed by atoms with Gasteiger partial charge in [0.25, 0.3) is 5.91 Å². The largest absolute Gasteiger partial charge is 0.493 e. The number of thiazole rings is 1. The van der Waals surface area contributed by atoms with Crippen LogP contribution in [-0.4, -0.2) is 33.8 Å². The third-order valence-corrected chi connectivity index (χ3v) is 5.99.